The molecule has 1 rings (SSSR count). The lowest BCUT2D eigenvalue weighted by Gasteiger charge is -2.08. The van der Waals surface area contributed by atoms with E-state index in [-0.39, 0.29) is 5.96 Å². The van der Waals surface area contributed by atoms with Gasteiger partial charge in [0.05, 0.1) is 19.8 Å². The first-order valence-electron chi connectivity index (χ1n) is 4.99. The number of aliphatic imine (C=N–C) groups is 1. The van der Waals surface area contributed by atoms with Crippen LogP contribution in [0.5, 0.6) is 0 Å². The van der Waals surface area contributed by atoms with Crippen LogP contribution in [0.4, 0.5) is 0 Å². The van der Waals surface area contributed by atoms with Gasteiger partial charge in [-0.3, -0.25) is 25.2 Å². The van der Waals surface area contributed by atoms with Gasteiger partial charge >= 0.3 is 11.8 Å². The van der Waals surface area contributed by atoms with Gasteiger partial charge in [0.15, 0.2) is 0 Å². The van der Waals surface area contributed by atoms with Crippen LogP contribution in [0.2, 0.25) is 0 Å². The highest BCUT2D eigenvalue weighted by Gasteiger charge is 2.24. The molecule has 1 aliphatic heterocycles. The molecule has 0 atom stereocenters. The van der Waals surface area contributed by atoms with E-state index in [1.165, 1.54) is 0 Å². The highest BCUT2D eigenvalue weighted by Crippen LogP contribution is 1.84. The van der Waals surface area contributed by atoms with E-state index in [1.807, 2.05) is 19.0 Å². The molecule has 1 heterocycles. The lowest BCUT2D eigenvalue weighted by atomic mass is 10.6. The van der Waals surface area contributed by atoms with Gasteiger partial charge in [-0.25, -0.2) is 0 Å². The van der Waals surface area contributed by atoms with E-state index in [2.05, 4.69) is 15.6 Å². The zero-order chi connectivity index (χ0) is 12.0. The van der Waals surface area contributed by atoms with Crippen LogP contribution in [-0.2, 0) is 14.3 Å². The van der Waals surface area contributed by atoms with Crippen LogP contribution < -0.4 is 10.6 Å². The highest BCUT2D eigenvalue weighted by atomic mass is 16.5. The van der Waals surface area contributed by atoms with Crippen molar-refractivity contribution in [1.82, 2.24) is 15.5 Å². The summed E-state index contributed by atoms with van der Waals surface area (Å²) in [5, 5.41) is 4.60. The van der Waals surface area contributed by atoms with Crippen LogP contribution in [0.1, 0.15) is 0 Å². The molecule has 16 heavy (non-hydrogen) atoms. The fourth-order valence-corrected chi connectivity index (χ4v) is 1.01. The Bertz CT molecular complexity index is 283. The van der Waals surface area contributed by atoms with Gasteiger partial charge in [0.1, 0.15) is 0 Å². The Labute approximate surface area is 93.8 Å². The van der Waals surface area contributed by atoms with Crippen molar-refractivity contribution in [2.45, 2.75) is 0 Å². The zero-order valence-corrected chi connectivity index (χ0v) is 9.45. The van der Waals surface area contributed by atoms with Crippen molar-refractivity contribution in [2.24, 2.45) is 4.99 Å². The topological polar surface area (TPSA) is 83.0 Å². The van der Waals surface area contributed by atoms with E-state index < -0.39 is 11.8 Å². The standard InChI is InChI=1S/C9H16N4O3/c1-13(2)4-6-16-5-3-10-9-11-7(14)8(15)12-9/h3-6H2,1-2H3,(H2,10,11,12,14,15). The van der Waals surface area contributed by atoms with Crippen molar-refractivity contribution in [1.29, 1.82) is 0 Å². The predicted molar refractivity (Wildman–Crippen MR) is 58.0 cm³/mol. The van der Waals surface area contributed by atoms with Crippen LogP contribution in [0.25, 0.3) is 0 Å². The molecule has 2 N–H and O–H groups in total. The minimum atomic E-state index is -0.674. The first-order valence-corrected chi connectivity index (χ1v) is 4.99. The molecule has 7 nitrogen and oxygen atoms in total. The van der Waals surface area contributed by atoms with Crippen LogP contribution in [0.3, 0.4) is 0 Å². The quantitative estimate of drug-likeness (QED) is 0.413. The molecule has 0 saturated carbocycles. The molecular formula is C9H16N4O3. The Morgan fingerprint density at radius 3 is 2.38 bits per heavy atom. The van der Waals surface area contributed by atoms with Crippen LogP contribution in [0.15, 0.2) is 4.99 Å². The average molecular weight is 228 g/mol. The third-order valence-corrected chi connectivity index (χ3v) is 1.86. The second-order valence-corrected chi connectivity index (χ2v) is 3.55. The van der Waals surface area contributed by atoms with E-state index in [4.69, 9.17) is 4.74 Å². The second kappa shape index (κ2) is 6.19. The van der Waals surface area contributed by atoms with Gasteiger partial charge in [0.2, 0.25) is 5.96 Å². The molecule has 0 unspecified atom stereocenters. The number of guanidine groups is 1. The molecule has 0 bridgehead atoms. The maximum atomic E-state index is 10.8. The molecule has 0 radical (unpaired) electrons. The van der Waals surface area contributed by atoms with Crippen molar-refractivity contribution in [2.75, 3.05) is 40.4 Å². The minimum absolute atomic E-state index is 0.200. The first kappa shape index (κ1) is 12.6. The number of rotatable bonds is 6. The van der Waals surface area contributed by atoms with Gasteiger partial charge in [-0.05, 0) is 14.1 Å². The molecule has 0 aromatic heterocycles. The SMILES string of the molecule is CN(C)CCOCCN=C1NC(=O)C(=O)N1. The summed E-state index contributed by atoms with van der Waals surface area (Å²) < 4.78 is 5.28. The van der Waals surface area contributed by atoms with Crippen molar-refractivity contribution in [3.63, 3.8) is 0 Å². The molecule has 0 aromatic carbocycles. The largest absolute Gasteiger partial charge is 0.378 e. The van der Waals surface area contributed by atoms with Crippen molar-refractivity contribution < 1.29 is 14.3 Å². The zero-order valence-electron chi connectivity index (χ0n) is 9.45. The Morgan fingerprint density at radius 2 is 1.81 bits per heavy atom. The Kier molecular flexibility index (Phi) is 4.87. The normalized spacial score (nSPS) is 15.3. The number of amides is 2. The lowest BCUT2D eigenvalue weighted by molar-refractivity contribution is -0.135. The van der Waals surface area contributed by atoms with Gasteiger partial charge in [-0.15, -0.1) is 0 Å². The smallest absolute Gasteiger partial charge is 0.316 e. The number of carbonyl (C=O) groups is 2. The van der Waals surface area contributed by atoms with Crippen molar-refractivity contribution in [3.8, 4) is 0 Å². The fraction of sp³-hybridized carbons (Fsp3) is 0.667. The molecule has 0 aromatic rings. The molecule has 1 fully saturated rings. The summed E-state index contributed by atoms with van der Waals surface area (Å²) in [5.41, 5.74) is 0. The molecule has 90 valence electrons. The van der Waals surface area contributed by atoms with Crippen LogP contribution >= 0.6 is 0 Å². The van der Waals surface area contributed by atoms with E-state index in [0.717, 1.165) is 6.54 Å². The first-order chi connectivity index (χ1) is 7.59. The summed E-state index contributed by atoms with van der Waals surface area (Å²) in [6.45, 7) is 2.35. The van der Waals surface area contributed by atoms with Crippen LogP contribution in [-0.4, -0.2) is 63.1 Å². The van der Waals surface area contributed by atoms with Gasteiger partial charge in [0.25, 0.3) is 0 Å². The molecular weight excluding hydrogens is 212 g/mol. The van der Waals surface area contributed by atoms with E-state index in [0.29, 0.717) is 19.8 Å². The van der Waals surface area contributed by atoms with Crippen molar-refractivity contribution >= 4 is 17.8 Å². The van der Waals surface area contributed by atoms with Gasteiger partial charge in [-0.2, -0.15) is 0 Å². The Balaban J connectivity index is 2.09. The third-order valence-electron chi connectivity index (χ3n) is 1.86. The molecule has 0 aliphatic carbocycles. The summed E-state index contributed by atoms with van der Waals surface area (Å²) in [6.07, 6.45) is 0. The monoisotopic (exact) mass is 228 g/mol. The number of ether oxygens (including phenoxy) is 1. The number of hydrogen-bond donors (Lipinski definition) is 2. The summed E-state index contributed by atoms with van der Waals surface area (Å²) >= 11 is 0. The van der Waals surface area contributed by atoms with Crippen molar-refractivity contribution in [3.05, 3.63) is 0 Å². The number of nitrogens with one attached hydrogen (secondary N) is 2. The summed E-state index contributed by atoms with van der Waals surface area (Å²) in [6, 6.07) is 0. The van der Waals surface area contributed by atoms with Gasteiger partial charge in [0, 0.05) is 6.54 Å². The molecule has 1 aliphatic rings. The lowest BCUT2D eigenvalue weighted by Crippen LogP contribution is -2.26. The predicted octanol–water partition coefficient (Wildman–Crippen LogP) is -1.83. The van der Waals surface area contributed by atoms with E-state index >= 15 is 0 Å². The Morgan fingerprint density at radius 1 is 1.19 bits per heavy atom. The fourth-order valence-electron chi connectivity index (χ4n) is 1.01. The molecule has 7 heteroatoms. The molecule has 2 amide bonds. The molecule has 1 saturated heterocycles. The van der Waals surface area contributed by atoms with Gasteiger partial charge < -0.3 is 9.64 Å². The van der Waals surface area contributed by atoms with Crippen LogP contribution in [0, 0.1) is 0 Å². The molecule has 0 spiro atoms. The summed E-state index contributed by atoms with van der Waals surface area (Å²) in [4.78, 5) is 27.5. The van der Waals surface area contributed by atoms with Gasteiger partial charge in [-0.1, -0.05) is 0 Å². The third kappa shape index (κ3) is 4.37. The minimum Gasteiger partial charge on any atom is -0.378 e. The number of likely N-dealkylation sites (N-methyl/N-ethyl adjacent to an activating group) is 1. The summed E-state index contributed by atoms with van der Waals surface area (Å²) in [7, 11) is 3.93. The second-order valence-electron chi connectivity index (χ2n) is 3.55. The van der Waals surface area contributed by atoms with E-state index in [9.17, 15) is 9.59 Å². The average Bonchev–Trinajstić information content (AvgIpc) is 2.52. The summed E-state index contributed by atoms with van der Waals surface area (Å²) in [5.74, 6) is -1.15. The maximum Gasteiger partial charge on any atom is 0.316 e. The maximum absolute atomic E-state index is 10.8. The highest BCUT2D eigenvalue weighted by molar-refractivity contribution is 6.45. The number of carbonyl (C=O) groups excluding carboxylic acids is 2. The number of hydrogen-bond acceptors (Lipinski definition) is 5. The number of nitrogens with zero attached hydrogens (tertiary/aromatic N) is 2. The Hall–Kier alpha value is -1.47. The van der Waals surface area contributed by atoms with E-state index in [1.54, 1.807) is 0 Å².